The highest BCUT2D eigenvalue weighted by Crippen LogP contribution is 2.24. The van der Waals surface area contributed by atoms with Crippen LogP contribution in [0.5, 0.6) is 0 Å². The Balaban J connectivity index is 1.45. The lowest BCUT2D eigenvalue weighted by molar-refractivity contribution is -0.127. The van der Waals surface area contributed by atoms with Crippen LogP contribution in [0.4, 0.5) is 0 Å². The molecule has 1 aromatic rings. The molecule has 0 spiro atoms. The van der Waals surface area contributed by atoms with Crippen LogP contribution in [-0.2, 0) is 11.3 Å². The molecule has 5 heteroatoms. The summed E-state index contributed by atoms with van der Waals surface area (Å²) in [5.41, 5.74) is 2.35. The first-order chi connectivity index (χ1) is 12.6. The topological polar surface area (TPSA) is 48.5 Å². The van der Waals surface area contributed by atoms with E-state index in [0.29, 0.717) is 12.6 Å². The van der Waals surface area contributed by atoms with Gasteiger partial charge in [-0.1, -0.05) is 12.2 Å². The Hall–Kier alpha value is -1.72. The van der Waals surface area contributed by atoms with E-state index in [0.717, 1.165) is 51.1 Å². The molecule has 26 heavy (non-hydrogen) atoms. The molecule has 142 valence electrons. The molecule has 0 aliphatic carbocycles. The summed E-state index contributed by atoms with van der Waals surface area (Å²) in [6, 6.07) is 4.83. The minimum absolute atomic E-state index is 0.137. The SMILES string of the molecule is C=C(C)CNC(=O)C1CCCN(C2CCN(Cc3ccncc3)CC2)C1. The van der Waals surface area contributed by atoms with Crippen molar-refractivity contribution in [2.24, 2.45) is 5.92 Å². The van der Waals surface area contributed by atoms with Crippen molar-refractivity contribution in [3.8, 4) is 0 Å². The second-order valence-electron chi connectivity index (χ2n) is 7.87. The Labute approximate surface area is 157 Å². The van der Waals surface area contributed by atoms with Crippen molar-refractivity contribution >= 4 is 5.91 Å². The molecule has 1 amide bonds. The molecule has 1 atom stereocenters. The number of carbonyl (C=O) groups excluding carboxylic acids is 1. The highest BCUT2D eigenvalue weighted by Gasteiger charge is 2.31. The summed E-state index contributed by atoms with van der Waals surface area (Å²) in [7, 11) is 0. The van der Waals surface area contributed by atoms with Gasteiger partial charge >= 0.3 is 0 Å². The molecule has 2 aliphatic heterocycles. The second kappa shape index (κ2) is 9.28. The van der Waals surface area contributed by atoms with Gasteiger partial charge in [0.15, 0.2) is 0 Å². The van der Waals surface area contributed by atoms with E-state index in [1.165, 1.54) is 18.4 Å². The van der Waals surface area contributed by atoms with Crippen LogP contribution >= 0.6 is 0 Å². The van der Waals surface area contributed by atoms with E-state index in [9.17, 15) is 4.79 Å². The van der Waals surface area contributed by atoms with E-state index in [-0.39, 0.29) is 11.8 Å². The van der Waals surface area contributed by atoms with Gasteiger partial charge in [-0.2, -0.15) is 0 Å². The second-order valence-corrected chi connectivity index (χ2v) is 7.87. The summed E-state index contributed by atoms with van der Waals surface area (Å²) in [4.78, 5) is 21.6. The predicted molar refractivity (Wildman–Crippen MR) is 105 cm³/mol. The Morgan fingerprint density at radius 3 is 2.65 bits per heavy atom. The number of likely N-dealkylation sites (tertiary alicyclic amines) is 2. The van der Waals surface area contributed by atoms with Gasteiger partial charge in [0.1, 0.15) is 0 Å². The summed E-state index contributed by atoms with van der Waals surface area (Å²) >= 11 is 0. The summed E-state index contributed by atoms with van der Waals surface area (Å²) in [5.74, 6) is 0.339. The van der Waals surface area contributed by atoms with Crippen LogP contribution in [0, 0.1) is 5.92 Å². The van der Waals surface area contributed by atoms with Crippen molar-refractivity contribution in [1.29, 1.82) is 0 Å². The summed E-state index contributed by atoms with van der Waals surface area (Å²) in [6.45, 7) is 11.8. The minimum Gasteiger partial charge on any atom is -0.352 e. The fraction of sp³-hybridized carbons (Fsp3) is 0.619. The molecule has 3 heterocycles. The molecular weight excluding hydrogens is 324 g/mol. The Morgan fingerprint density at radius 1 is 1.23 bits per heavy atom. The van der Waals surface area contributed by atoms with Gasteiger partial charge in [-0.05, 0) is 69.9 Å². The first kappa shape index (κ1) is 19.1. The smallest absolute Gasteiger partial charge is 0.224 e. The van der Waals surface area contributed by atoms with Gasteiger partial charge in [0.05, 0.1) is 5.92 Å². The molecule has 2 saturated heterocycles. The summed E-state index contributed by atoms with van der Waals surface area (Å²) in [6.07, 6.45) is 8.28. The lowest BCUT2D eigenvalue weighted by atomic mass is 9.93. The highest BCUT2D eigenvalue weighted by molar-refractivity contribution is 5.79. The number of hydrogen-bond acceptors (Lipinski definition) is 4. The molecular formula is C21H32N4O. The number of pyridine rings is 1. The molecule has 1 unspecified atom stereocenters. The Bertz CT molecular complexity index is 595. The standard InChI is InChI=1S/C21H32N4O/c1-17(2)14-23-21(26)19-4-3-11-25(16-19)20-7-12-24(13-8-20)15-18-5-9-22-10-6-18/h5-6,9-10,19-20H,1,3-4,7-8,11-16H2,2H3,(H,23,26). The zero-order chi connectivity index (χ0) is 18.4. The Kier molecular flexibility index (Phi) is 6.80. The van der Waals surface area contributed by atoms with E-state index in [4.69, 9.17) is 0 Å². The van der Waals surface area contributed by atoms with Crippen molar-refractivity contribution in [2.45, 2.75) is 45.2 Å². The highest BCUT2D eigenvalue weighted by atomic mass is 16.1. The van der Waals surface area contributed by atoms with Gasteiger partial charge in [0, 0.05) is 38.1 Å². The monoisotopic (exact) mass is 356 g/mol. The van der Waals surface area contributed by atoms with Crippen LogP contribution in [0.3, 0.4) is 0 Å². The first-order valence-electron chi connectivity index (χ1n) is 9.89. The van der Waals surface area contributed by atoms with Gasteiger partial charge in [-0.3, -0.25) is 19.6 Å². The quantitative estimate of drug-likeness (QED) is 0.796. The van der Waals surface area contributed by atoms with Crippen LogP contribution in [0.2, 0.25) is 0 Å². The molecule has 0 saturated carbocycles. The lowest BCUT2D eigenvalue weighted by Gasteiger charge is -2.42. The number of hydrogen-bond donors (Lipinski definition) is 1. The van der Waals surface area contributed by atoms with Crippen LogP contribution in [0.25, 0.3) is 0 Å². The average molecular weight is 357 g/mol. The van der Waals surface area contributed by atoms with E-state index < -0.39 is 0 Å². The van der Waals surface area contributed by atoms with E-state index in [1.54, 1.807) is 0 Å². The average Bonchev–Trinajstić information content (AvgIpc) is 2.67. The maximum absolute atomic E-state index is 12.4. The maximum Gasteiger partial charge on any atom is 0.224 e. The lowest BCUT2D eigenvalue weighted by Crippen LogP contribution is -2.50. The molecule has 5 nitrogen and oxygen atoms in total. The van der Waals surface area contributed by atoms with Gasteiger partial charge in [0.2, 0.25) is 5.91 Å². The molecule has 1 aromatic heterocycles. The molecule has 2 fully saturated rings. The number of piperidine rings is 2. The van der Waals surface area contributed by atoms with Gasteiger partial charge in [-0.25, -0.2) is 0 Å². The summed E-state index contributed by atoms with van der Waals surface area (Å²) < 4.78 is 0. The van der Waals surface area contributed by atoms with Crippen molar-refractivity contribution in [1.82, 2.24) is 20.1 Å². The fourth-order valence-corrected chi connectivity index (χ4v) is 4.12. The van der Waals surface area contributed by atoms with E-state index in [2.05, 4.69) is 38.8 Å². The van der Waals surface area contributed by atoms with Gasteiger partial charge in [-0.15, -0.1) is 0 Å². The third-order valence-corrected chi connectivity index (χ3v) is 5.62. The third kappa shape index (κ3) is 5.39. The van der Waals surface area contributed by atoms with Crippen LogP contribution in [0.1, 0.15) is 38.2 Å². The van der Waals surface area contributed by atoms with E-state index >= 15 is 0 Å². The Morgan fingerprint density at radius 2 is 1.96 bits per heavy atom. The summed E-state index contributed by atoms with van der Waals surface area (Å²) in [5, 5.41) is 3.03. The number of aromatic nitrogens is 1. The molecule has 0 bridgehead atoms. The predicted octanol–water partition coefficient (Wildman–Crippen LogP) is 2.45. The van der Waals surface area contributed by atoms with Crippen LogP contribution < -0.4 is 5.32 Å². The van der Waals surface area contributed by atoms with Gasteiger partial charge in [0.25, 0.3) is 0 Å². The third-order valence-electron chi connectivity index (χ3n) is 5.62. The van der Waals surface area contributed by atoms with Crippen molar-refractivity contribution in [3.63, 3.8) is 0 Å². The van der Waals surface area contributed by atoms with Crippen molar-refractivity contribution in [3.05, 3.63) is 42.2 Å². The van der Waals surface area contributed by atoms with Crippen LogP contribution in [0.15, 0.2) is 36.7 Å². The molecule has 0 aromatic carbocycles. The number of rotatable bonds is 6. The van der Waals surface area contributed by atoms with E-state index in [1.807, 2.05) is 19.3 Å². The van der Waals surface area contributed by atoms with Crippen molar-refractivity contribution < 1.29 is 4.79 Å². The zero-order valence-electron chi connectivity index (χ0n) is 16.0. The maximum atomic E-state index is 12.4. The number of nitrogens with one attached hydrogen (secondary N) is 1. The van der Waals surface area contributed by atoms with Crippen LogP contribution in [-0.4, -0.2) is 59.5 Å². The van der Waals surface area contributed by atoms with Gasteiger partial charge < -0.3 is 5.32 Å². The normalized spacial score (nSPS) is 22.9. The molecule has 1 N–H and O–H groups in total. The molecule has 0 radical (unpaired) electrons. The molecule has 2 aliphatic rings. The first-order valence-corrected chi connectivity index (χ1v) is 9.89. The minimum atomic E-state index is 0.137. The number of carbonyl (C=O) groups is 1. The fourth-order valence-electron chi connectivity index (χ4n) is 4.12. The largest absolute Gasteiger partial charge is 0.352 e. The zero-order valence-corrected chi connectivity index (χ0v) is 16.0. The number of amides is 1. The number of nitrogens with zero attached hydrogens (tertiary/aromatic N) is 3. The molecule has 3 rings (SSSR count). The van der Waals surface area contributed by atoms with Crippen molar-refractivity contribution in [2.75, 3.05) is 32.7 Å².